The summed E-state index contributed by atoms with van der Waals surface area (Å²) in [4.78, 5) is 15.5. The van der Waals surface area contributed by atoms with Crippen LogP contribution in [0.25, 0.3) is 10.8 Å². The van der Waals surface area contributed by atoms with Gasteiger partial charge in [-0.05, 0) is 19.1 Å². The molecule has 106 valence electrons. The summed E-state index contributed by atoms with van der Waals surface area (Å²) in [5, 5.41) is 13.9. The number of fused-ring (bicyclic) bond motifs is 1. The Bertz CT molecular complexity index is 781. The highest BCUT2D eigenvalue weighted by atomic mass is 16.4. The molecule has 0 amide bonds. The third-order valence-corrected chi connectivity index (χ3v) is 3.35. The second kappa shape index (κ2) is 5.28. The quantitative estimate of drug-likeness (QED) is 0.763. The fourth-order valence-corrected chi connectivity index (χ4v) is 2.29. The molecule has 3 aromatic rings. The smallest absolute Gasteiger partial charge is 0.337 e. The molecule has 0 aliphatic heterocycles. The zero-order valence-electron chi connectivity index (χ0n) is 11.4. The minimum Gasteiger partial charge on any atom is -0.478 e. The standard InChI is InChI=1S/C16H14N2O3/c1-10(14-7-4-8-21-14)18-15-12-6-3-2-5-11(12)13(9-17-15)16(19)20/h2-10H,1H3,(H,17,18)(H,19,20). The second-order valence-corrected chi connectivity index (χ2v) is 4.75. The van der Waals surface area contributed by atoms with Gasteiger partial charge < -0.3 is 14.8 Å². The molecule has 5 nitrogen and oxygen atoms in total. The van der Waals surface area contributed by atoms with Crippen LogP contribution in [0, 0.1) is 0 Å². The van der Waals surface area contributed by atoms with E-state index in [1.807, 2.05) is 37.3 Å². The molecule has 0 spiro atoms. The van der Waals surface area contributed by atoms with Gasteiger partial charge >= 0.3 is 5.97 Å². The summed E-state index contributed by atoms with van der Waals surface area (Å²) in [6, 6.07) is 11.0. The highest BCUT2D eigenvalue weighted by Gasteiger charge is 2.15. The Morgan fingerprint density at radius 3 is 2.67 bits per heavy atom. The first-order valence-corrected chi connectivity index (χ1v) is 6.58. The van der Waals surface area contributed by atoms with Gasteiger partial charge in [-0.1, -0.05) is 24.3 Å². The van der Waals surface area contributed by atoms with E-state index < -0.39 is 5.97 Å². The van der Waals surface area contributed by atoms with Crippen molar-refractivity contribution >= 4 is 22.6 Å². The van der Waals surface area contributed by atoms with Gasteiger partial charge in [0.05, 0.1) is 17.9 Å². The van der Waals surface area contributed by atoms with E-state index in [0.29, 0.717) is 11.2 Å². The average molecular weight is 282 g/mol. The molecule has 0 saturated heterocycles. The van der Waals surface area contributed by atoms with Crippen LogP contribution in [0.1, 0.15) is 29.1 Å². The Morgan fingerprint density at radius 1 is 1.24 bits per heavy atom. The minimum absolute atomic E-state index is 0.0633. The van der Waals surface area contributed by atoms with Gasteiger partial charge in [0, 0.05) is 17.0 Å². The minimum atomic E-state index is -0.982. The number of nitrogens with zero attached hydrogens (tertiary/aromatic N) is 1. The second-order valence-electron chi connectivity index (χ2n) is 4.75. The van der Waals surface area contributed by atoms with E-state index in [2.05, 4.69) is 10.3 Å². The van der Waals surface area contributed by atoms with Crippen molar-refractivity contribution in [1.82, 2.24) is 4.98 Å². The van der Waals surface area contributed by atoms with Crippen LogP contribution in [-0.2, 0) is 0 Å². The van der Waals surface area contributed by atoms with E-state index in [1.165, 1.54) is 6.20 Å². The SMILES string of the molecule is CC(Nc1ncc(C(=O)O)c2ccccc12)c1ccco1. The fourth-order valence-electron chi connectivity index (χ4n) is 2.29. The monoisotopic (exact) mass is 282 g/mol. The highest BCUT2D eigenvalue weighted by Crippen LogP contribution is 2.27. The van der Waals surface area contributed by atoms with Crippen molar-refractivity contribution in [3.63, 3.8) is 0 Å². The van der Waals surface area contributed by atoms with Crippen molar-refractivity contribution in [2.45, 2.75) is 13.0 Å². The lowest BCUT2D eigenvalue weighted by Gasteiger charge is -2.14. The summed E-state index contributed by atoms with van der Waals surface area (Å²) in [7, 11) is 0. The molecule has 0 saturated carbocycles. The first-order valence-electron chi connectivity index (χ1n) is 6.58. The molecule has 2 heterocycles. The zero-order valence-corrected chi connectivity index (χ0v) is 11.4. The number of hydrogen-bond donors (Lipinski definition) is 2. The van der Waals surface area contributed by atoms with Gasteiger partial charge in [-0.3, -0.25) is 0 Å². The number of carbonyl (C=O) groups is 1. The van der Waals surface area contributed by atoms with E-state index in [-0.39, 0.29) is 11.6 Å². The number of hydrogen-bond acceptors (Lipinski definition) is 4. The molecular formula is C16H14N2O3. The van der Waals surface area contributed by atoms with Gasteiger partial charge in [0.2, 0.25) is 0 Å². The van der Waals surface area contributed by atoms with Crippen molar-refractivity contribution in [1.29, 1.82) is 0 Å². The lowest BCUT2D eigenvalue weighted by Crippen LogP contribution is -2.09. The maximum absolute atomic E-state index is 11.3. The van der Waals surface area contributed by atoms with Crippen LogP contribution in [0.3, 0.4) is 0 Å². The van der Waals surface area contributed by atoms with Crippen molar-refractivity contribution < 1.29 is 14.3 Å². The molecule has 2 aromatic heterocycles. The molecule has 1 aromatic carbocycles. The number of aromatic nitrogens is 1. The highest BCUT2D eigenvalue weighted by molar-refractivity contribution is 6.06. The number of carboxylic acid groups (broad SMARTS) is 1. The maximum atomic E-state index is 11.3. The maximum Gasteiger partial charge on any atom is 0.337 e. The summed E-state index contributed by atoms with van der Waals surface area (Å²) in [5.41, 5.74) is 0.196. The van der Waals surface area contributed by atoms with Crippen LogP contribution in [0.4, 0.5) is 5.82 Å². The molecule has 0 aliphatic rings. The Morgan fingerprint density at radius 2 is 2.00 bits per heavy atom. The molecule has 1 atom stereocenters. The van der Waals surface area contributed by atoms with Crippen LogP contribution in [0.5, 0.6) is 0 Å². The molecule has 3 rings (SSSR count). The Labute approximate surface area is 121 Å². The zero-order chi connectivity index (χ0) is 14.8. The predicted octanol–water partition coefficient (Wildman–Crippen LogP) is 3.70. The summed E-state index contributed by atoms with van der Waals surface area (Å²) in [6.45, 7) is 1.96. The molecular weight excluding hydrogens is 268 g/mol. The van der Waals surface area contributed by atoms with Crippen LogP contribution in [0.15, 0.2) is 53.3 Å². The number of aromatic carboxylic acids is 1. The van der Waals surface area contributed by atoms with Crippen LogP contribution >= 0.6 is 0 Å². The molecule has 0 bridgehead atoms. The molecule has 0 radical (unpaired) electrons. The summed E-state index contributed by atoms with van der Waals surface area (Å²) >= 11 is 0. The molecule has 2 N–H and O–H groups in total. The molecule has 0 fully saturated rings. The third kappa shape index (κ3) is 2.45. The van der Waals surface area contributed by atoms with Gasteiger partial charge in [0.15, 0.2) is 0 Å². The van der Waals surface area contributed by atoms with Crippen LogP contribution in [0.2, 0.25) is 0 Å². The number of carboxylic acids is 1. The third-order valence-electron chi connectivity index (χ3n) is 3.35. The first-order chi connectivity index (χ1) is 10.2. The van der Waals surface area contributed by atoms with E-state index >= 15 is 0 Å². The number of furan rings is 1. The largest absolute Gasteiger partial charge is 0.478 e. The van der Waals surface area contributed by atoms with E-state index in [9.17, 15) is 9.90 Å². The summed E-state index contributed by atoms with van der Waals surface area (Å²) in [6.07, 6.45) is 2.99. The number of nitrogens with one attached hydrogen (secondary N) is 1. The van der Waals surface area contributed by atoms with E-state index in [1.54, 1.807) is 12.3 Å². The van der Waals surface area contributed by atoms with E-state index in [4.69, 9.17) is 4.42 Å². The predicted molar refractivity (Wildman–Crippen MR) is 79.4 cm³/mol. The Balaban J connectivity index is 2.04. The lowest BCUT2D eigenvalue weighted by molar-refractivity contribution is 0.0698. The summed E-state index contributed by atoms with van der Waals surface area (Å²) < 4.78 is 5.36. The lowest BCUT2D eigenvalue weighted by atomic mass is 10.1. The van der Waals surface area contributed by atoms with Crippen molar-refractivity contribution in [2.24, 2.45) is 0 Å². The summed E-state index contributed by atoms with van der Waals surface area (Å²) in [5.74, 6) is 0.451. The Hall–Kier alpha value is -2.82. The number of pyridine rings is 1. The van der Waals surface area contributed by atoms with Gasteiger partial charge in [-0.15, -0.1) is 0 Å². The fraction of sp³-hybridized carbons (Fsp3) is 0.125. The first kappa shape index (κ1) is 13.2. The average Bonchev–Trinajstić information content (AvgIpc) is 3.01. The molecule has 21 heavy (non-hydrogen) atoms. The van der Waals surface area contributed by atoms with E-state index in [0.717, 1.165) is 11.1 Å². The number of anilines is 1. The van der Waals surface area contributed by atoms with Gasteiger partial charge in [0.25, 0.3) is 0 Å². The Kier molecular flexibility index (Phi) is 3.31. The molecule has 1 unspecified atom stereocenters. The van der Waals surface area contributed by atoms with Gasteiger partial charge in [-0.2, -0.15) is 0 Å². The number of benzene rings is 1. The topological polar surface area (TPSA) is 75.4 Å². The normalized spacial score (nSPS) is 12.2. The van der Waals surface area contributed by atoms with Crippen LogP contribution < -0.4 is 5.32 Å². The molecule has 5 heteroatoms. The van der Waals surface area contributed by atoms with Crippen molar-refractivity contribution in [2.75, 3.05) is 5.32 Å². The number of rotatable bonds is 4. The van der Waals surface area contributed by atoms with Crippen molar-refractivity contribution in [3.8, 4) is 0 Å². The van der Waals surface area contributed by atoms with Crippen molar-refractivity contribution in [3.05, 3.63) is 60.2 Å². The van der Waals surface area contributed by atoms with Gasteiger partial charge in [0.1, 0.15) is 11.6 Å². The van der Waals surface area contributed by atoms with Gasteiger partial charge in [-0.25, -0.2) is 9.78 Å². The van der Waals surface area contributed by atoms with Crippen LogP contribution in [-0.4, -0.2) is 16.1 Å². The molecule has 0 aliphatic carbocycles.